The molecule has 2 heterocycles. The third-order valence-electron chi connectivity index (χ3n) is 2.82. The molecule has 3 aromatic rings. The molecule has 86 valence electrons. The monoisotopic (exact) mass is 229 g/mol. The molecule has 2 aromatic heterocycles. The molecular formula is C11H11N5O. The van der Waals surface area contributed by atoms with Gasteiger partial charge in [-0.15, -0.1) is 0 Å². The minimum absolute atomic E-state index is 0.257. The lowest BCUT2D eigenvalue weighted by Gasteiger charge is -2.00. The molecule has 0 aliphatic rings. The van der Waals surface area contributed by atoms with Crippen LogP contribution in [-0.4, -0.2) is 15.2 Å². The van der Waals surface area contributed by atoms with Gasteiger partial charge in [-0.1, -0.05) is 11.6 Å². The summed E-state index contributed by atoms with van der Waals surface area (Å²) in [5.41, 5.74) is 4.72. The smallest absolute Gasteiger partial charge is 0.288 e. The molecule has 0 aliphatic heterocycles. The largest absolute Gasteiger partial charge is 0.350 e. The number of aryl methyl sites for hydroxylation is 1. The van der Waals surface area contributed by atoms with Gasteiger partial charge in [0.1, 0.15) is 5.52 Å². The van der Waals surface area contributed by atoms with Crippen LogP contribution in [0.5, 0.6) is 0 Å². The van der Waals surface area contributed by atoms with E-state index >= 15 is 0 Å². The molecule has 3 rings (SSSR count). The van der Waals surface area contributed by atoms with Crippen LogP contribution in [0.4, 0.5) is 5.82 Å². The zero-order chi connectivity index (χ0) is 12.0. The van der Waals surface area contributed by atoms with E-state index in [1.54, 1.807) is 0 Å². The van der Waals surface area contributed by atoms with Gasteiger partial charge in [-0.3, -0.25) is 4.79 Å². The SMILES string of the molecule is Cc1ccc2[nH]c3c(=O)[nH]nc(NN)c3c2c1. The van der Waals surface area contributed by atoms with E-state index in [9.17, 15) is 4.79 Å². The number of aromatic amines is 2. The minimum atomic E-state index is -0.257. The van der Waals surface area contributed by atoms with Crippen LogP contribution in [0.1, 0.15) is 5.56 Å². The molecule has 17 heavy (non-hydrogen) atoms. The number of H-pyrrole nitrogens is 2. The molecule has 0 unspecified atom stereocenters. The van der Waals surface area contributed by atoms with Gasteiger partial charge in [-0.25, -0.2) is 10.9 Å². The first-order valence-corrected chi connectivity index (χ1v) is 5.18. The zero-order valence-electron chi connectivity index (χ0n) is 9.16. The minimum Gasteiger partial charge on any atom is -0.350 e. The van der Waals surface area contributed by atoms with Crippen molar-refractivity contribution in [2.45, 2.75) is 6.92 Å². The van der Waals surface area contributed by atoms with Crippen molar-refractivity contribution in [1.82, 2.24) is 15.2 Å². The molecule has 1 aromatic carbocycles. The highest BCUT2D eigenvalue weighted by atomic mass is 16.1. The fraction of sp³-hybridized carbons (Fsp3) is 0.0909. The Morgan fingerprint density at radius 1 is 1.41 bits per heavy atom. The first-order valence-electron chi connectivity index (χ1n) is 5.18. The number of hydrazine groups is 1. The molecule has 0 atom stereocenters. The highest BCUT2D eigenvalue weighted by molar-refractivity contribution is 6.12. The number of nitrogens with two attached hydrogens (primary N) is 1. The maximum Gasteiger partial charge on any atom is 0.288 e. The van der Waals surface area contributed by atoms with E-state index in [0.717, 1.165) is 21.9 Å². The Labute approximate surface area is 95.8 Å². The topological polar surface area (TPSA) is 99.6 Å². The lowest BCUT2D eigenvalue weighted by molar-refractivity contribution is 1.00. The summed E-state index contributed by atoms with van der Waals surface area (Å²) in [5, 5.41) is 7.93. The van der Waals surface area contributed by atoms with Crippen molar-refractivity contribution in [2.75, 3.05) is 5.43 Å². The van der Waals surface area contributed by atoms with Crippen LogP contribution in [0.2, 0.25) is 0 Å². The molecule has 0 amide bonds. The average molecular weight is 229 g/mol. The number of fused-ring (bicyclic) bond motifs is 3. The molecule has 0 spiro atoms. The molecular weight excluding hydrogens is 218 g/mol. The Morgan fingerprint density at radius 2 is 2.24 bits per heavy atom. The number of anilines is 1. The van der Waals surface area contributed by atoms with E-state index < -0.39 is 0 Å². The molecule has 0 bridgehead atoms. The standard InChI is InChI=1S/C11H11N5O/c1-5-2-3-7-6(4-5)8-9(13-7)11(17)16-15-10(8)14-12/h2-4,13H,12H2,1H3,(H,14,15)(H,16,17). The summed E-state index contributed by atoms with van der Waals surface area (Å²) in [6, 6.07) is 5.91. The number of benzene rings is 1. The van der Waals surface area contributed by atoms with Crippen molar-refractivity contribution in [3.05, 3.63) is 34.1 Å². The Balaban J connectivity index is 2.62. The highest BCUT2D eigenvalue weighted by Crippen LogP contribution is 2.27. The van der Waals surface area contributed by atoms with Crippen LogP contribution in [0.25, 0.3) is 21.8 Å². The van der Waals surface area contributed by atoms with E-state index in [4.69, 9.17) is 5.84 Å². The van der Waals surface area contributed by atoms with Crippen molar-refractivity contribution >= 4 is 27.6 Å². The van der Waals surface area contributed by atoms with Crippen LogP contribution in [0.3, 0.4) is 0 Å². The van der Waals surface area contributed by atoms with Crippen LogP contribution >= 0.6 is 0 Å². The van der Waals surface area contributed by atoms with E-state index in [1.807, 2.05) is 25.1 Å². The van der Waals surface area contributed by atoms with Crippen LogP contribution in [-0.2, 0) is 0 Å². The maximum atomic E-state index is 11.7. The third kappa shape index (κ3) is 1.31. The number of hydrogen-bond donors (Lipinski definition) is 4. The fourth-order valence-electron chi connectivity index (χ4n) is 2.04. The molecule has 5 N–H and O–H groups in total. The number of rotatable bonds is 1. The fourth-order valence-corrected chi connectivity index (χ4v) is 2.04. The van der Waals surface area contributed by atoms with Gasteiger partial charge in [-0.05, 0) is 19.1 Å². The van der Waals surface area contributed by atoms with E-state index in [-0.39, 0.29) is 5.56 Å². The second-order valence-electron chi connectivity index (χ2n) is 3.97. The van der Waals surface area contributed by atoms with Crippen LogP contribution < -0.4 is 16.8 Å². The molecule has 6 nitrogen and oxygen atoms in total. The van der Waals surface area contributed by atoms with Crippen molar-refractivity contribution in [2.24, 2.45) is 5.84 Å². The van der Waals surface area contributed by atoms with Gasteiger partial charge in [0, 0.05) is 10.9 Å². The average Bonchev–Trinajstić information content (AvgIpc) is 2.70. The summed E-state index contributed by atoms with van der Waals surface area (Å²) in [4.78, 5) is 14.8. The van der Waals surface area contributed by atoms with Gasteiger partial charge in [0.25, 0.3) is 5.56 Å². The van der Waals surface area contributed by atoms with Gasteiger partial charge in [0.2, 0.25) is 0 Å². The van der Waals surface area contributed by atoms with Gasteiger partial charge >= 0.3 is 0 Å². The van der Waals surface area contributed by atoms with E-state index in [0.29, 0.717) is 11.3 Å². The molecule has 0 aliphatic carbocycles. The molecule has 6 heteroatoms. The summed E-state index contributed by atoms with van der Waals surface area (Å²) in [6.45, 7) is 1.99. The molecule has 0 saturated carbocycles. The van der Waals surface area contributed by atoms with Gasteiger partial charge < -0.3 is 10.4 Å². The van der Waals surface area contributed by atoms with Crippen molar-refractivity contribution in [3.8, 4) is 0 Å². The van der Waals surface area contributed by atoms with Crippen molar-refractivity contribution in [1.29, 1.82) is 0 Å². The Morgan fingerprint density at radius 3 is 3.00 bits per heavy atom. The number of nitrogens with zero attached hydrogens (tertiary/aromatic N) is 1. The predicted molar refractivity (Wildman–Crippen MR) is 66.8 cm³/mol. The van der Waals surface area contributed by atoms with E-state index in [1.165, 1.54) is 0 Å². The first-order chi connectivity index (χ1) is 8.20. The van der Waals surface area contributed by atoms with Crippen molar-refractivity contribution < 1.29 is 0 Å². The Hall–Kier alpha value is -2.34. The summed E-state index contributed by atoms with van der Waals surface area (Å²) in [7, 11) is 0. The number of nitrogens with one attached hydrogen (secondary N) is 3. The summed E-state index contributed by atoms with van der Waals surface area (Å²) in [5.74, 6) is 5.86. The van der Waals surface area contributed by atoms with Gasteiger partial charge in [0.05, 0.1) is 5.39 Å². The normalized spacial score (nSPS) is 11.2. The maximum absolute atomic E-state index is 11.7. The summed E-state index contributed by atoms with van der Waals surface area (Å²) >= 11 is 0. The van der Waals surface area contributed by atoms with Gasteiger partial charge in [0.15, 0.2) is 5.82 Å². The number of nitrogen functional groups attached to an aromatic ring is 1. The Bertz CT molecular complexity index is 770. The molecule has 0 fully saturated rings. The zero-order valence-corrected chi connectivity index (χ0v) is 9.16. The number of aromatic nitrogens is 3. The van der Waals surface area contributed by atoms with Crippen LogP contribution in [0, 0.1) is 6.92 Å². The van der Waals surface area contributed by atoms with Crippen molar-refractivity contribution in [3.63, 3.8) is 0 Å². The second-order valence-corrected chi connectivity index (χ2v) is 3.97. The second kappa shape index (κ2) is 3.33. The molecule has 0 saturated heterocycles. The lowest BCUT2D eigenvalue weighted by Crippen LogP contribution is -2.15. The van der Waals surface area contributed by atoms with Crippen LogP contribution in [0.15, 0.2) is 23.0 Å². The number of hydrogen-bond acceptors (Lipinski definition) is 4. The molecule has 0 radical (unpaired) electrons. The third-order valence-corrected chi connectivity index (χ3v) is 2.82. The lowest BCUT2D eigenvalue weighted by atomic mass is 10.1. The highest BCUT2D eigenvalue weighted by Gasteiger charge is 2.12. The summed E-state index contributed by atoms with van der Waals surface area (Å²) in [6.07, 6.45) is 0. The Kier molecular flexibility index (Phi) is 1.93. The van der Waals surface area contributed by atoms with E-state index in [2.05, 4.69) is 20.6 Å². The predicted octanol–water partition coefficient (Wildman–Crippen LogP) is 0.998. The summed E-state index contributed by atoms with van der Waals surface area (Å²) < 4.78 is 0. The van der Waals surface area contributed by atoms with Gasteiger partial charge in [-0.2, -0.15) is 5.10 Å². The quantitative estimate of drug-likeness (QED) is 0.369. The first kappa shape index (κ1) is 9.86.